The largest absolute Gasteiger partial charge is 0.381 e. The van der Waals surface area contributed by atoms with Gasteiger partial charge in [0.05, 0.1) is 0 Å². The van der Waals surface area contributed by atoms with E-state index in [4.69, 9.17) is 9.72 Å². The van der Waals surface area contributed by atoms with Crippen LogP contribution in [-0.4, -0.2) is 79.0 Å². The van der Waals surface area contributed by atoms with E-state index in [-0.39, 0.29) is 29.7 Å². The number of ether oxygens (including phenoxy) is 1. The van der Waals surface area contributed by atoms with Crippen LogP contribution in [-0.2, 0) is 22.4 Å². The number of anilines is 2. The fraction of sp³-hybridized carbons (Fsp3) is 0.514. The van der Waals surface area contributed by atoms with Gasteiger partial charge in [0.1, 0.15) is 5.82 Å². The average Bonchev–Trinajstić information content (AvgIpc) is 3.06. The number of aromatic amines is 1. The van der Waals surface area contributed by atoms with Gasteiger partial charge in [-0.05, 0) is 93.6 Å². The standard InChI is InChI=1S/C37H49N5O4/c1-6-8-27-21-25(3)39-37(45)31(27)10-11-34(43)32-22-29(28-9-12-35(38-24-28)41-17-15-40(5)16-18-41)23-33(26(32)4)42(36(44)7-2)30-13-19-46-20-14-30/h9,12,21-24,30H,6-8,10-11,13-20H2,1-5H3,(H,39,45). The number of aromatic nitrogens is 2. The van der Waals surface area contributed by atoms with Crippen LogP contribution in [0.4, 0.5) is 11.5 Å². The third kappa shape index (κ3) is 7.58. The van der Waals surface area contributed by atoms with E-state index in [1.165, 1.54) is 0 Å². The van der Waals surface area contributed by atoms with Gasteiger partial charge < -0.3 is 24.4 Å². The highest BCUT2D eigenvalue weighted by Crippen LogP contribution is 2.35. The summed E-state index contributed by atoms with van der Waals surface area (Å²) < 4.78 is 5.63. The molecule has 246 valence electrons. The number of likely N-dealkylation sites (N-methyl/N-ethyl adjacent to an activating group) is 1. The Kier molecular flexibility index (Phi) is 11.1. The van der Waals surface area contributed by atoms with Crippen molar-refractivity contribution >= 4 is 23.2 Å². The molecule has 0 spiro atoms. The van der Waals surface area contributed by atoms with Crippen LogP contribution in [0.2, 0.25) is 0 Å². The number of pyridine rings is 2. The topological polar surface area (TPSA) is 98.8 Å². The quantitative estimate of drug-likeness (QED) is 0.281. The highest BCUT2D eigenvalue weighted by atomic mass is 16.5. The molecule has 46 heavy (non-hydrogen) atoms. The van der Waals surface area contributed by atoms with Crippen molar-refractivity contribution in [2.75, 3.05) is 56.2 Å². The summed E-state index contributed by atoms with van der Waals surface area (Å²) in [5.74, 6) is 0.932. The molecule has 0 radical (unpaired) electrons. The molecular formula is C37H49N5O4. The fourth-order valence-corrected chi connectivity index (χ4v) is 6.76. The van der Waals surface area contributed by atoms with Gasteiger partial charge >= 0.3 is 0 Å². The van der Waals surface area contributed by atoms with Crippen LogP contribution in [0.1, 0.15) is 78.7 Å². The van der Waals surface area contributed by atoms with Crippen molar-refractivity contribution in [2.45, 2.75) is 78.7 Å². The SMILES string of the molecule is CCCc1cc(C)[nH]c(=O)c1CCC(=O)c1cc(-c2ccc(N3CCN(C)CC3)nc2)cc(N(C(=O)CC)C2CCOCC2)c1C. The van der Waals surface area contributed by atoms with E-state index in [1.54, 1.807) is 0 Å². The minimum atomic E-state index is -0.117. The van der Waals surface area contributed by atoms with Crippen molar-refractivity contribution in [3.8, 4) is 11.1 Å². The fourth-order valence-electron chi connectivity index (χ4n) is 6.76. The van der Waals surface area contributed by atoms with Gasteiger partial charge in [-0.2, -0.15) is 0 Å². The lowest BCUT2D eigenvalue weighted by Crippen LogP contribution is -2.44. The van der Waals surface area contributed by atoms with Crippen molar-refractivity contribution in [3.63, 3.8) is 0 Å². The molecule has 9 heteroatoms. The summed E-state index contributed by atoms with van der Waals surface area (Å²) in [5.41, 5.74) is 6.28. The molecule has 0 atom stereocenters. The first kappa shape index (κ1) is 33.5. The van der Waals surface area contributed by atoms with Crippen LogP contribution in [0.25, 0.3) is 11.1 Å². The number of piperazine rings is 1. The Bertz CT molecular complexity index is 1580. The molecule has 3 aromatic rings. The number of aryl methyl sites for hydroxylation is 2. The van der Waals surface area contributed by atoms with Crippen molar-refractivity contribution < 1.29 is 14.3 Å². The van der Waals surface area contributed by atoms with Gasteiger partial charge in [0.2, 0.25) is 5.91 Å². The Hall–Kier alpha value is -3.82. The summed E-state index contributed by atoms with van der Waals surface area (Å²) in [6, 6.07) is 10.1. The number of nitrogens with zero attached hydrogens (tertiary/aromatic N) is 4. The smallest absolute Gasteiger partial charge is 0.251 e. The van der Waals surface area contributed by atoms with Crippen LogP contribution < -0.4 is 15.4 Å². The molecule has 2 aromatic heterocycles. The zero-order chi connectivity index (χ0) is 32.8. The van der Waals surface area contributed by atoms with E-state index < -0.39 is 0 Å². The van der Waals surface area contributed by atoms with Crippen molar-refractivity contribution in [1.82, 2.24) is 14.9 Å². The third-order valence-electron chi connectivity index (χ3n) is 9.46. The van der Waals surface area contributed by atoms with Crippen molar-refractivity contribution in [2.24, 2.45) is 0 Å². The van der Waals surface area contributed by atoms with Gasteiger partial charge in [-0.15, -0.1) is 0 Å². The summed E-state index contributed by atoms with van der Waals surface area (Å²) in [4.78, 5) is 54.8. The molecule has 1 amide bonds. The van der Waals surface area contributed by atoms with E-state index in [2.05, 4.69) is 34.8 Å². The lowest BCUT2D eigenvalue weighted by Gasteiger charge is -2.36. The van der Waals surface area contributed by atoms with E-state index >= 15 is 0 Å². The summed E-state index contributed by atoms with van der Waals surface area (Å²) in [6.45, 7) is 12.9. The number of H-pyrrole nitrogens is 1. The first-order valence-electron chi connectivity index (χ1n) is 16.9. The van der Waals surface area contributed by atoms with Crippen LogP contribution in [0, 0.1) is 13.8 Å². The van der Waals surface area contributed by atoms with Crippen molar-refractivity contribution in [1.29, 1.82) is 0 Å². The number of ketones is 1. The maximum Gasteiger partial charge on any atom is 0.251 e. The zero-order valence-corrected chi connectivity index (χ0v) is 28.2. The molecule has 9 nitrogen and oxygen atoms in total. The number of nitrogens with one attached hydrogen (secondary N) is 1. The van der Waals surface area contributed by atoms with Crippen molar-refractivity contribution in [3.05, 3.63) is 74.8 Å². The molecular weight excluding hydrogens is 578 g/mol. The maximum atomic E-state index is 14.1. The monoisotopic (exact) mass is 627 g/mol. The Labute approximate surface area is 273 Å². The normalized spacial score (nSPS) is 16.1. The van der Waals surface area contributed by atoms with Crippen LogP contribution in [0.15, 0.2) is 41.3 Å². The number of hydrogen-bond donors (Lipinski definition) is 1. The molecule has 2 fully saturated rings. The Balaban J connectivity index is 1.53. The molecule has 0 saturated carbocycles. The van der Waals surface area contributed by atoms with E-state index in [0.29, 0.717) is 37.2 Å². The summed E-state index contributed by atoms with van der Waals surface area (Å²) in [6.07, 6.45) is 6.01. The van der Waals surface area contributed by atoms with E-state index in [9.17, 15) is 14.4 Å². The molecule has 1 aromatic carbocycles. The number of carbonyl (C=O) groups excluding carboxylic acids is 2. The Morgan fingerprint density at radius 3 is 2.39 bits per heavy atom. The van der Waals surface area contributed by atoms with Crippen LogP contribution in [0.5, 0.6) is 0 Å². The van der Waals surface area contributed by atoms with Gasteiger partial charge in [0.15, 0.2) is 5.78 Å². The number of carbonyl (C=O) groups is 2. The molecule has 2 aliphatic rings. The minimum Gasteiger partial charge on any atom is -0.381 e. The highest BCUT2D eigenvalue weighted by Gasteiger charge is 2.29. The molecule has 0 bridgehead atoms. The summed E-state index contributed by atoms with van der Waals surface area (Å²) in [5, 5.41) is 0. The predicted octanol–water partition coefficient (Wildman–Crippen LogP) is 5.50. The summed E-state index contributed by atoms with van der Waals surface area (Å²) in [7, 11) is 2.14. The average molecular weight is 628 g/mol. The van der Waals surface area contributed by atoms with Gasteiger partial charge in [-0.3, -0.25) is 14.4 Å². The first-order valence-corrected chi connectivity index (χ1v) is 16.9. The van der Waals surface area contributed by atoms with Gasteiger partial charge in [-0.25, -0.2) is 4.98 Å². The lowest BCUT2D eigenvalue weighted by atomic mass is 9.91. The molecule has 1 N–H and O–H groups in total. The second-order valence-electron chi connectivity index (χ2n) is 12.8. The van der Waals surface area contributed by atoms with E-state index in [1.807, 2.05) is 56.1 Å². The lowest BCUT2D eigenvalue weighted by molar-refractivity contribution is -0.119. The molecule has 0 aliphatic carbocycles. The van der Waals surface area contributed by atoms with E-state index in [0.717, 1.165) is 91.3 Å². The number of rotatable bonds is 11. The Morgan fingerprint density at radius 1 is 1.00 bits per heavy atom. The number of amides is 1. The number of benzene rings is 1. The second-order valence-corrected chi connectivity index (χ2v) is 12.8. The predicted molar refractivity (Wildman–Crippen MR) is 184 cm³/mol. The van der Waals surface area contributed by atoms with Gasteiger partial charge in [-0.1, -0.05) is 20.3 Å². The third-order valence-corrected chi connectivity index (χ3v) is 9.46. The molecule has 2 saturated heterocycles. The maximum absolute atomic E-state index is 14.1. The van der Waals surface area contributed by atoms with Crippen LogP contribution >= 0.6 is 0 Å². The molecule has 2 aliphatic heterocycles. The van der Waals surface area contributed by atoms with Crippen LogP contribution in [0.3, 0.4) is 0 Å². The molecule has 5 rings (SSSR count). The Morgan fingerprint density at radius 2 is 1.74 bits per heavy atom. The number of Topliss-reactive ketones (excluding diaryl/α,β-unsaturated/α-hetero) is 1. The number of hydrogen-bond acceptors (Lipinski definition) is 7. The molecule has 0 unspecified atom stereocenters. The minimum absolute atomic E-state index is 0.00134. The zero-order valence-electron chi connectivity index (χ0n) is 28.2. The van der Waals surface area contributed by atoms with Gasteiger partial charge in [0, 0.05) is 92.5 Å². The first-order chi connectivity index (χ1) is 22.2. The molecule has 4 heterocycles. The highest BCUT2D eigenvalue weighted by molar-refractivity contribution is 6.03. The summed E-state index contributed by atoms with van der Waals surface area (Å²) >= 11 is 0. The van der Waals surface area contributed by atoms with Gasteiger partial charge in [0.25, 0.3) is 5.56 Å². The second kappa shape index (κ2) is 15.2.